The molecule has 2 N–H and O–H groups in total. The van der Waals surface area contributed by atoms with E-state index in [0.29, 0.717) is 13.2 Å². The predicted molar refractivity (Wildman–Crippen MR) is 54.3 cm³/mol. The number of rotatable bonds is 7. The Morgan fingerprint density at radius 1 is 1.64 bits per heavy atom. The van der Waals surface area contributed by atoms with E-state index in [1.54, 1.807) is 7.11 Å². The van der Waals surface area contributed by atoms with Gasteiger partial charge in [0.25, 0.3) is 0 Å². The molecule has 84 valence electrons. The fraction of sp³-hybridized carbons (Fsp3) is 1.00. The summed E-state index contributed by atoms with van der Waals surface area (Å²) >= 11 is 0. The molecule has 1 fully saturated rings. The molecule has 1 aliphatic heterocycles. The molecular weight excluding hydrogens is 182 g/mol. The third-order valence-electron chi connectivity index (χ3n) is 2.42. The van der Waals surface area contributed by atoms with Crippen LogP contribution in [-0.2, 0) is 9.47 Å². The maximum atomic E-state index is 9.63. The van der Waals surface area contributed by atoms with E-state index in [1.807, 2.05) is 0 Å². The van der Waals surface area contributed by atoms with E-state index >= 15 is 0 Å². The molecule has 0 amide bonds. The van der Waals surface area contributed by atoms with Crippen molar-refractivity contribution < 1.29 is 14.6 Å². The van der Waals surface area contributed by atoms with Crippen molar-refractivity contribution in [1.82, 2.24) is 5.32 Å². The van der Waals surface area contributed by atoms with Crippen LogP contribution in [0.3, 0.4) is 0 Å². The van der Waals surface area contributed by atoms with Gasteiger partial charge in [0, 0.05) is 33.2 Å². The average Bonchev–Trinajstić information content (AvgIpc) is 2.65. The summed E-state index contributed by atoms with van der Waals surface area (Å²) in [4.78, 5) is 0. The SMILES string of the molecule is COCCNCC(O)CC1CCCO1. The van der Waals surface area contributed by atoms with Crippen LogP contribution in [0.4, 0.5) is 0 Å². The Morgan fingerprint density at radius 2 is 2.50 bits per heavy atom. The number of hydrogen-bond acceptors (Lipinski definition) is 4. The average molecular weight is 203 g/mol. The minimum Gasteiger partial charge on any atom is -0.392 e. The molecule has 1 saturated heterocycles. The monoisotopic (exact) mass is 203 g/mol. The van der Waals surface area contributed by atoms with Gasteiger partial charge >= 0.3 is 0 Å². The first-order valence-corrected chi connectivity index (χ1v) is 5.32. The molecule has 0 spiro atoms. The second kappa shape index (κ2) is 7.17. The fourth-order valence-electron chi connectivity index (χ4n) is 1.66. The summed E-state index contributed by atoms with van der Waals surface area (Å²) in [6, 6.07) is 0. The number of nitrogens with one attached hydrogen (secondary N) is 1. The molecule has 4 heteroatoms. The third kappa shape index (κ3) is 4.91. The van der Waals surface area contributed by atoms with Crippen molar-refractivity contribution in [3.05, 3.63) is 0 Å². The maximum absolute atomic E-state index is 9.63. The van der Waals surface area contributed by atoms with Crippen LogP contribution in [0.25, 0.3) is 0 Å². The minimum atomic E-state index is -0.296. The van der Waals surface area contributed by atoms with Crippen LogP contribution in [0.1, 0.15) is 19.3 Å². The van der Waals surface area contributed by atoms with Crippen LogP contribution in [0.5, 0.6) is 0 Å². The molecule has 0 bridgehead atoms. The van der Waals surface area contributed by atoms with Crippen LogP contribution in [0.2, 0.25) is 0 Å². The topological polar surface area (TPSA) is 50.7 Å². The van der Waals surface area contributed by atoms with Crippen molar-refractivity contribution in [3.63, 3.8) is 0 Å². The first kappa shape index (κ1) is 11.9. The van der Waals surface area contributed by atoms with Crippen LogP contribution < -0.4 is 5.32 Å². The second-order valence-corrected chi connectivity index (χ2v) is 3.72. The fourth-order valence-corrected chi connectivity index (χ4v) is 1.66. The quantitative estimate of drug-likeness (QED) is 0.578. The Balaban J connectivity index is 1.95. The molecule has 0 saturated carbocycles. The van der Waals surface area contributed by atoms with Gasteiger partial charge in [-0.1, -0.05) is 0 Å². The molecule has 0 aromatic heterocycles. The van der Waals surface area contributed by atoms with Gasteiger partial charge in [-0.25, -0.2) is 0 Å². The normalized spacial score (nSPS) is 24.0. The van der Waals surface area contributed by atoms with Crippen LogP contribution >= 0.6 is 0 Å². The standard InChI is InChI=1S/C10H21NO3/c1-13-6-4-11-8-9(12)7-10-3-2-5-14-10/h9-12H,2-8H2,1H3. The van der Waals surface area contributed by atoms with E-state index in [-0.39, 0.29) is 12.2 Å². The lowest BCUT2D eigenvalue weighted by Gasteiger charge is -2.15. The Labute approximate surface area is 85.6 Å². The van der Waals surface area contributed by atoms with Gasteiger partial charge in [-0.2, -0.15) is 0 Å². The van der Waals surface area contributed by atoms with E-state index in [1.165, 1.54) is 0 Å². The van der Waals surface area contributed by atoms with Gasteiger partial charge in [-0.15, -0.1) is 0 Å². The van der Waals surface area contributed by atoms with Gasteiger partial charge < -0.3 is 19.9 Å². The zero-order valence-corrected chi connectivity index (χ0v) is 8.87. The van der Waals surface area contributed by atoms with Crippen molar-refractivity contribution in [3.8, 4) is 0 Å². The van der Waals surface area contributed by atoms with Crippen molar-refractivity contribution >= 4 is 0 Å². The van der Waals surface area contributed by atoms with E-state index in [0.717, 1.165) is 32.4 Å². The highest BCUT2D eigenvalue weighted by Gasteiger charge is 2.18. The van der Waals surface area contributed by atoms with Crippen LogP contribution in [-0.4, -0.2) is 50.7 Å². The summed E-state index contributed by atoms with van der Waals surface area (Å²) in [6.07, 6.45) is 2.95. The second-order valence-electron chi connectivity index (χ2n) is 3.72. The lowest BCUT2D eigenvalue weighted by molar-refractivity contribution is 0.0532. The summed E-state index contributed by atoms with van der Waals surface area (Å²) in [5, 5.41) is 12.8. The molecule has 0 aromatic rings. The molecular formula is C10H21NO3. The maximum Gasteiger partial charge on any atom is 0.0689 e. The van der Waals surface area contributed by atoms with Gasteiger partial charge in [0.2, 0.25) is 0 Å². The summed E-state index contributed by atoms with van der Waals surface area (Å²) in [5.74, 6) is 0. The van der Waals surface area contributed by atoms with Gasteiger partial charge in [0.15, 0.2) is 0 Å². The van der Waals surface area contributed by atoms with E-state index in [4.69, 9.17) is 9.47 Å². The summed E-state index contributed by atoms with van der Waals surface area (Å²) in [7, 11) is 1.67. The number of hydrogen-bond donors (Lipinski definition) is 2. The van der Waals surface area contributed by atoms with E-state index in [9.17, 15) is 5.11 Å². The predicted octanol–water partition coefficient (Wildman–Crippen LogP) is 0.152. The Bertz CT molecular complexity index is 137. The molecule has 1 rings (SSSR count). The number of aliphatic hydroxyl groups is 1. The summed E-state index contributed by atoms with van der Waals surface area (Å²) in [5.41, 5.74) is 0. The smallest absolute Gasteiger partial charge is 0.0689 e. The largest absolute Gasteiger partial charge is 0.392 e. The molecule has 14 heavy (non-hydrogen) atoms. The first-order valence-electron chi connectivity index (χ1n) is 5.32. The Kier molecular flexibility index (Phi) is 6.10. The zero-order valence-electron chi connectivity index (χ0n) is 8.87. The highest BCUT2D eigenvalue weighted by Crippen LogP contribution is 2.16. The van der Waals surface area contributed by atoms with Gasteiger partial charge in [0.05, 0.1) is 18.8 Å². The number of methoxy groups -OCH3 is 1. The minimum absolute atomic E-state index is 0.272. The van der Waals surface area contributed by atoms with Gasteiger partial charge in [0.1, 0.15) is 0 Å². The molecule has 1 heterocycles. The molecule has 4 nitrogen and oxygen atoms in total. The van der Waals surface area contributed by atoms with Gasteiger partial charge in [-0.3, -0.25) is 0 Å². The molecule has 2 unspecified atom stereocenters. The summed E-state index contributed by atoms with van der Waals surface area (Å²) < 4.78 is 10.3. The molecule has 0 radical (unpaired) electrons. The number of aliphatic hydroxyl groups excluding tert-OH is 1. The lowest BCUT2D eigenvalue weighted by atomic mass is 10.1. The molecule has 2 atom stereocenters. The Hall–Kier alpha value is -0.160. The van der Waals surface area contributed by atoms with Gasteiger partial charge in [-0.05, 0) is 12.8 Å². The van der Waals surface area contributed by atoms with Crippen LogP contribution in [0.15, 0.2) is 0 Å². The molecule has 1 aliphatic rings. The van der Waals surface area contributed by atoms with Crippen molar-refractivity contribution in [1.29, 1.82) is 0 Å². The molecule has 0 aliphatic carbocycles. The Morgan fingerprint density at radius 3 is 3.14 bits per heavy atom. The molecule has 0 aromatic carbocycles. The van der Waals surface area contributed by atoms with E-state index < -0.39 is 0 Å². The highest BCUT2D eigenvalue weighted by atomic mass is 16.5. The van der Waals surface area contributed by atoms with Crippen molar-refractivity contribution in [2.75, 3.05) is 33.4 Å². The lowest BCUT2D eigenvalue weighted by Crippen LogP contribution is -2.31. The van der Waals surface area contributed by atoms with E-state index in [2.05, 4.69) is 5.32 Å². The zero-order chi connectivity index (χ0) is 10.2. The van der Waals surface area contributed by atoms with Crippen molar-refractivity contribution in [2.24, 2.45) is 0 Å². The third-order valence-corrected chi connectivity index (χ3v) is 2.42. The summed E-state index contributed by atoms with van der Waals surface area (Å²) in [6.45, 7) is 2.96. The number of ether oxygens (including phenoxy) is 2. The van der Waals surface area contributed by atoms with Crippen molar-refractivity contribution in [2.45, 2.75) is 31.5 Å². The van der Waals surface area contributed by atoms with Crippen LogP contribution in [0, 0.1) is 0 Å². The first-order chi connectivity index (χ1) is 6.83. The highest BCUT2D eigenvalue weighted by molar-refractivity contribution is 4.70.